The van der Waals surface area contributed by atoms with E-state index >= 15 is 0 Å². The summed E-state index contributed by atoms with van der Waals surface area (Å²) < 4.78 is 0. The van der Waals surface area contributed by atoms with E-state index in [0.29, 0.717) is 13.1 Å². The molecule has 0 aromatic carbocycles. The van der Waals surface area contributed by atoms with Crippen LogP contribution in [0.5, 0.6) is 0 Å². The summed E-state index contributed by atoms with van der Waals surface area (Å²) in [5.41, 5.74) is -0.496. The van der Waals surface area contributed by atoms with Crippen molar-refractivity contribution in [2.24, 2.45) is 11.3 Å². The molecular formula is C14H26N2O3. The summed E-state index contributed by atoms with van der Waals surface area (Å²) in [5.74, 6) is -0.0111. The van der Waals surface area contributed by atoms with Crippen molar-refractivity contribution in [1.29, 1.82) is 0 Å². The summed E-state index contributed by atoms with van der Waals surface area (Å²) in [6.07, 6.45) is 1.87. The van der Waals surface area contributed by atoms with E-state index in [9.17, 15) is 14.7 Å². The van der Waals surface area contributed by atoms with Crippen LogP contribution in [0, 0.1) is 11.3 Å². The molecule has 1 saturated heterocycles. The molecule has 110 valence electrons. The van der Waals surface area contributed by atoms with E-state index in [4.69, 9.17) is 0 Å². The highest BCUT2D eigenvalue weighted by Crippen LogP contribution is 2.17. The number of hydrogen-bond acceptors (Lipinski definition) is 3. The van der Waals surface area contributed by atoms with Gasteiger partial charge < -0.3 is 15.3 Å². The van der Waals surface area contributed by atoms with Gasteiger partial charge in [-0.3, -0.25) is 9.59 Å². The molecule has 1 rings (SSSR count). The van der Waals surface area contributed by atoms with E-state index in [1.54, 1.807) is 11.8 Å². The van der Waals surface area contributed by atoms with Gasteiger partial charge in [-0.1, -0.05) is 20.8 Å². The van der Waals surface area contributed by atoms with Crippen LogP contribution >= 0.6 is 0 Å². The van der Waals surface area contributed by atoms with E-state index in [0.717, 1.165) is 12.8 Å². The smallest absolute Gasteiger partial charge is 0.244 e. The van der Waals surface area contributed by atoms with Gasteiger partial charge in [-0.25, -0.2) is 0 Å². The quantitative estimate of drug-likeness (QED) is 0.796. The largest absolute Gasteiger partial charge is 0.396 e. The first-order valence-electron chi connectivity index (χ1n) is 6.96. The van der Waals surface area contributed by atoms with Gasteiger partial charge in [-0.05, 0) is 25.7 Å². The Balaban J connectivity index is 2.55. The van der Waals surface area contributed by atoms with Gasteiger partial charge in [0.2, 0.25) is 11.8 Å². The van der Waals surface area contributed by atoms with Crippen LogP contribution in [0.2, 0.25) is 0 Å². The molecule has 0 spiro atoms. The van der Waals surface area contributed by atoms with E-state index in [-0.39, 0.29) is 24.3 Å². The van der Waals surface area contributed by atoms with Gasteiger partial charge in [0.15, 0.2) is 0 Å². The van der Waals surface area contributed by atoms with Crippen molar-refractivity contribution in [3.8, 4) is 0 Å². The Labute approximate surface area is 115 Å². The zero-order valence-corrected chi connectivity index (χ0v) is 12.4. The van der Waals surface area contributed by atoms with Gasteiger partial charge in [0.25, 0.3) is 0 Å². The molecule has 0 saturated carbocycles. The van der Waals surface area contributed by atoms with Crippen molar-refractivity contribution in [3.63, 3.8) is 0 Å². The highest BCUT2D eigenvalue weighted by atomic mass is 16.3. The van der Waals surface area contributed by atoms with Gasteiger partial charge in [0, 0.05) is 25.1 Å². The van der Waals surface area contributed by atoms with E-state index in [1.807, 2.05) is 20.8 Å². The fourth-order valence-electron chi connectivity index (χ4n) is 2.16. The number of piperidine rings is 1. The Bertz CT molecular complexity index is 336. The van der Waals surface area contributed by atoms with E-state index < -0.39 is 11.5 Å². The Kier molecular flexibility index (Phi) is 5.35. The minimum absolute atomic E-state index is 0.0595. The van der Waals surface area contributed by atoms with Gasteiger partial charge >= 0.3 is 0 Å². The first-order valence-corrected chi connectivity index (χ1v) is 6.96. The Hall–Kier alpha value is -1.10. The molecule has 1 aliphatic rings. The molecule has 0 aromatic rings. The van der Waals surface area contributed by atoms with Crippen LogP contribution in [-0.4, -0.2) is 47.6 Å². The summed E-state index contributed by atoms with van der Waals surface area (Å²) >= 11 is 0. The zero-order valence-electron chi connectivity index (χ0n) is 12.4. The minimum Gasteiger partial charge on any atom is -0.396 e. The fourth-order valence-corrected chi connectivity index (χ4v) is 2.16. The molecule has 0 aliphatic carbocycles. The number of aliphatic hydroxyl groups excluding tert-OH is 1. The van der Waals surface area contributed by atoms with Crippen molar-refractivity contribution < 1.29 is 14.7 Å². The average molecular weight is 270 g/mol. The Morgan fingerprint density at radius 2 is 2.05 bits per heavy atom. The number of carbonyl (C=O) groups excluding carboxylic acids is 2. The third-order valence-electron chi connectivity index (χ3n) is 3.49. The van der Waals surface area contributed by atoms with Crippen molar-refractivity contribution in [1.82, 2.24) is 10.2 Å². The zero-order chi connectivity index (χ0) is 14.6. The van der Waals surface area contributed by atoms with E-state index in [2.05, 4.69) is 5.32 Å². The lowest BCUT2D eigenvalue weighted by atomic mass is 9.95. The molecule has 0 aromatic heterocycles. The summed E-state index contributed by atoms with van der Waals surface area (Å²) in [7, 11) is 0. The number of nitrogens with one attached hydrogen (secondary N) is 1. The van der Waals surface area contributed by atoms with Crippen molar-refractivity contribution in [3.05, 3.63) is 0 Å². The maximum atomic E-state index is 12.3. The maximum absolute atomic E-state index is 12.3. The van der Waals surface area contributed by atoms with Crippen LogP contribution in [0.25, 0.3) is 0 Å². The number of likely N-dealkylation sites (tertiary alicyclic amines) is 1. The van der Waals surface area contributed by atoms with Gasteiger partial charge in [-0.2, -0.15) is 0 Å². The lowest BCUT2D eigenvalue weighted by Crippen LogP contribution is -2.52. The SMILES string of the molecule is CC(NC(=O)C(C)(C)C)C(=O)N1CCCC(CO)C1. The predicted octanol–water partition coefficient (Wildman–Crippen LogP) is 0.768. The van der Waals surface area contributed by atoms with Crippen LogP contribution in [0.3, 0.4) is 0 Å². The number of hydrogen-bond donors (Lipinski definition) is 2. The lowest BCUT2D eigenvalue weighted by molar-refractivity contribution is -0.139. The van der Waals surface area contributed by atoms with Crippen LogP contribution in [0.1, 0.15) is 40.5 Å². The van der Waals surface area contributed by atoms with Crippen molar-refractivity contribution in [2.75, 3.05) is 19.7 Å². The molecule has 2 atom stereocenters. The first kappa shape index (κ1) is 16.0. The second kappa shape index (κ2) is 6.37. The maximum Gasteiger partial charge on any atom is 0.244 e. The van der Waals surface area contributed by atoms with Crippen LogP contribution < -0.4 is 5.32 Å². The molecule has 0 radical (unpaired) electrons. The highest BCUT2D eigenvalue weighted by molar-refractivity contribution is 5.89. The van der Waals surface area contributed by atoms with Crippen molar-refractivity contribution >= 4 is 11.8 Å². The minimum atomic E-state index is -0.510. The number of rotatable bonds is 3. The van der Waals surface area contributed by atoms with Gasteiger partial charge in [0.1, 0.15) is 6.04 Å². The van der Waals surface area contributed by atoms with Crippen LogP contribution in [0.4, 0.5) is 0 Å². The highest BCUT2D eigenvalue weighted by Gasteiger charge is 2.29. The second-order valence-electron chi connectivity index (χ2n) is 6.42. The first-order chi connectivity index (χ1) is 8.75. The standard InChI is InChI=1S/C14H26N2O3/c1-10(15-13(19)14(2,3)4)12(18)16-7-5-6-11(8-16)9-17/h10-11,17H,5-9H2,1-4H3,(H,15,19). The summed E-state index contributed by atoms with van der Waals surface area (Å²) in [6, 6.07) is -0.510. The lowest BCUT2D eigenvalue weighted by Gasteiger charge is -2.34. The molecule has 1 heterocycles. The summed E-state index contributed by atoms with van der Waals surface area (Å²) in [5, 5.41) is 11.9. The van der Waals surface area contributed by atoms with Crippen LogP contribution in [-0.2, 0) is 9.59 Å². The molecule has 19 heavy (non-hydrogen) atoms. The van der Waals surface area contributed by atoms with Crippen molar-refractivity contribution in [2.45, 2.75) is 46.6 Å². The third-order valence-corrected chi connectivity index (χ3v) is 3.49. The number of carbonyl (C=O) groups is 2. The monoisotopic (exact) mass is 270 g/mol. The molecule has 5 nitrogen and oxygen atoms in total. The topological polar surface area (TPSA) is 69.6 Å². The number of aliphatic hydroxyl groups is 1. The molecule has 2 N–H and O–H groups in total. The van der Waals surface area contributed by atoms with Gasteiger partial charge in [0.05, 0.1) is 0 Å². The third kappa shape index (κ3) is 4.49. The molecule has 1 fully saturated rings. The second-order valence-corrected chi connectivity index (χ2v) is 6.42. The summed E-state index contributed by atoms with van der Waals surface area (Å²) in [6.45, 7) is 8.60. The Morgan fingerprint density at radius 3 is 2.58 bits per heavy atom. The summed E-state index contributed by atoms with van der Waals surface area (Å²) in [4.78, 5) is 25.9. The molecule has 2 amide bonds. The fraction of sp³-hybridized carbons (Fsp3) is 0.857. The van der Waals surface area contributed by atoms with E-state index in [1.165, 1.54) is 0 Å². The molecule has 5 heteroatoms. The number of nitrogens with zero attached hydrogens (tertiary/aromatic N) is 1. The normalized spacial score (nSPS) is 21.9. The predicted molar refractivity (Wildman–Crippen MR) is 73.4 cm³/mol. The molecular weight excluding hydrogens is 244 g/mol. The molecule has 1 aliphatic heterocycles. The van der Waals surface area contributed by atoms with Gasteiger partial charge in [-0.15, -0.1) is 0 Å². The number of amides is 2. The molecule has 2 unspecified atom stereocenters. The average Bonchev–Trinajstić information content (AvgIpc) is 2.36. The Morgan fingerprint density at radius 1 is 1.42 bits per heavy atom. The molecule has 0 bridgehead atoms. The van der Waals surface area contributed by atoms with Crippen LogP contribution in [0.15, 0.2) is 0 Å².